The monoisotopic (exact) mass is 277 g/mol. The Morgan fingerprint density at radius 3 is 3.00 bits per heavy atom. The Kier molecular flexibility index (Phi) is 6.25. The number of hydrogen-bond donors (Lipinski definition) is 1. The molecule has 0 aromatic heterocycles. The van der Waals surface area contributed by atoms with Gasteiger partial charge >= 0.3 is 0 Å². The van der Waals surface area contributed by atoms with E-state index in [-0.39, 0.29) is 0 Å². The summed E-state index contributed by atoms with van der Waals surface area (Å²) in [6, 6.07) is 9.63. The van der Waals surface area contributed by atoms with E-state index in [1.165, 1.54) is 42.6 Å². The topological polar surface area (TPSA) is 12.0 Å². The third kappa shape index (κ3) is 5.58. The van der Waals surface area contributed by atoms with E-state index in [9.17, 15) is 0 Å². The first-order valence-corrected chi connectivity index (χ1v) is 8.76. The lowest BCUT2D eigenvalue weighted by Gasteiger charge is -2.27. The summed E-state index contributed by atoms with van der Waals surface area (Å²) in [5.74, 6) is 3.29. The summed E-state index contributed by atoms with van der Waals surface area (Å²) in [6.45, 7) is 5.72. The van der Waals surface area contributed by atoms with Gasteiger partial charge < -0.3 is 5.32 Å². The summed E-state index contributed by atoms with van der Waals surface area (Å²) >= 11 is 2.04. The summed E-state index contributed by atoms with van der Waals surface area (Å²) in [4.78, 5) is 0. The van der Waals surface area contributed by atoms with E-state index in [1.807, 2.05) is 11.8 Å². The molecule has 0 aliphatic heterocycles. The van der Waals surface area contributed by atoms with Crippen LogP contribution in [0.15, 0.2) is 24.3 Å². The van der Waals surface area contributed by atoms with Crippen LogP contribution in [0.4, 0.5) is 0 Å². The molecule has 0 bridgehead atoms. The zero-order valence-electron chi connectivity index (χ0n) is 12.3. The highest BCUT2D eigenvalue weighted by Gasteiger charge is 2.17. The molecule has 0 amide bonds. The fraction of sp³-hybridized carbons (Fsp3) is 0.647. The molecule has 1 fully saturated rings. The molecule has 2 rings (SSSR count). The second kappa shape index (κ2) is 7.96. The maximum atomic E-state index is 3.73. The first-order chi connectivity index (χ1) is 9.24. The molecule has 1 nitrogen and oxygen atoms in total. The molecule has 106 valence electrons. The molecule has 2 unspecified atom stereocenters. The van der Waals surface area contributed by atoms with Crippen LogP contribution in [0.25, 0.3) is 0 Å². The van der Waals surface area contributed by atoms with Crippen LogP contribution in [0.5, 0.6) is 0 Å². The molecular formula is C17H27NS. The summed E-state index contributed by atoms with van der Waals surface area (Å²) in [7, 11) is 0. The average molecular weight is 277 g/mol. The molecule has 0 spiro atoms. The summed E-state index contributed by atoms with van der Waals surface area (Å²) < 4.78 is 0. The van der Waals surface area contributed by atoms with E-state index in [1.54, 1.807) is 0 Å². The van der Waals surface area contributed by atoms with Crippen molar-refractivity contribution in [2.75, 3.05) is 12.3 Å². The van der Waals surface area contributed by atoms with Gasteiger partial charge in [0.05, 0.1) is 0 Å². The van der Waals surface area contributed by atoms with Gasteiger partial charge in [0, 0.05) is 24.1 Å². The van der Waals surface area contributed by atoms with Gasteiger partial charge in [-0.3, -0.25) is 0 Å². The van der Waals surface area contributed by atoms with Crippen LogP contribution in [0.3, 0.4) is 0 Å². The number of hydrogen-bond acceptors (Lipinski definition) is 2. The highest BCUT2D eigenvalue weighted by atomic mass is 32.2. The summed E-state index contributed by atoms with van der Waals surface area (Å²) in [6.07, 6.45) is 5.60. The number of thioether (sulfide) groups is 1. The van der Waals surface area contributed by atoms with Gasteiger partial charge in [-0.1, -0.05) is 49.6 Å². The number of aryl methyl sites for hydroxylation is 1. The second-order valence-corrected chi connectivity index (χ2v) is 7.07. The molecule has 2 heteroatoms. The second-order valence-electron chi connectivity index (χ2n) is 5.96. The van der Waals surface area contributed by atoms with E-state index >= 15 is 0 Å². The van der Waals surface area contributed by atoms with Gasteiger partial charge in [0.15, 0.2) is 0 Å². The van der Waals surface area contributed by atoms with Crippen molar-refractivity contribution in [3.8, 4) is 0 Å². The molecule has 1 aromatic carbocycles. The van der Waals surface area contributed by atoms with Crippen molar-refractivity contribution < 1.29 is 0 Å². The van der Waals surface area contributed by atoms with Crippen molar-refractivity contribution in [1.82, 2.24) is 5.32 Å². The van der Waals surface area contributed by atoms with Gasteiger partial charge in [-0.2, -0.15) is 11.8 Å². The zero-order valence-corrected chi connectivity index (χ0v) is 13.1. The van der Waals surface area contributed by atoms with Crippen LogP contribution in [0, 0.1) is 12.8 Å². The fourth-order valence-electron chi connectivity index (χ4n) is 2.95. The van der Waals surface area contributed by atoms with Crippen molar-refractivity contribution in [2.45, 2.75) is 51.3 Å². The average Bonchev–Trinajstić information content (AvgIpc) is 2.38. The standard InChI is InChI=1S/C17H27NS/c1-14-5-3-7-16(11-14)13-19-10-9-18-17-8-4-6-15(2)12-17/h3,5,7,11,15,17-18H,4,6,8-10,12-13H2,1-2H3. The first-order valence-electron chi connectivity index (χ1n) is 7.60. The Balaban J connectivity index is 1.57. The van der Waals surface area contributed by atoms with Gasteiger partial charge in [-0.25, -0.2) is 0 Å². The molecule has 0 saturated heterocycles. The van der Waals surface area contributed by atoms with Gasteiger partial charge in [-0.05, 0) is 31.2 Å². The molecule has 0 radical (unpaired) electrons. The minimum absolute atomic E-state index is 0.781. The van der Waals surface area contributed by atoms with E-state index in [0.717, 1.165) is 24.3 Å². The van der Waals surface area contributed by atoms with Crippen molar-refractivity contribution in [3.05, 3.63) is 35.4 Å². The molecule has 2 atom stereocenters. The SMILES string of the molecule is Cc1cccc(CSCCNC2CCCC(C)C2)c1. The van der Waals surface area contributed by atoms with Gasteiger partial charge in [-0.15, -0.1) is 0 Å². The molecule has 1 saturated carbocycles. The largest absolute Gasteiger partial charge is 0.313 e. The number of nitrogens with one attached hydrogen (secondary N) is 1. The zero-order chi connectivity index (χ0) is 13.5. The first kappa shape index (κ1) is 14.9. The van der Waals surface area contributed by atoms with Crippen LogP contribution in [-0.2, 0) is 5.75 Å². The lowest BCUT2D eigenvalue weighted by atomic mass is 9.87. The van der Waals surface area contributed by atoms with Crippen molar-refractivity contribution >= 4 is 11.8 Å². The fourth-order valence-corrected chi connectivity index (χ4v) is 3.77. The highest BCUT2D eigenvalue weighted by Crippen LogP contribution is 2.23. The maximum absolute atomic E-state index is 3.73. The molecule has 1 aliphatic carbocycles. The Morgan fingerprint density at radius 1 is 1.32 bits per heavy atom. The van der Waals surface area contributed by atoms with E-state index < -0.39 is 0 Å². The quantitative estimate of drug-likeness (QED) is 0.774. The van der Waals surface area contributed by atoms with Crippen molar-refractivity contribution in [3.63, 3.8) is 0 Å². The lowest BCUT2D eigenvalue weighted by Crippen LogP contribution is -2.34. The number of benzene rings is 1. The van der Waals surface area contributed by atoms with Crippen LogP contribution < -0.4 is 5.32 Å². The minimum Gasteiger partial charge on any atom is -0.313 e. The third-order valence-corrected chi connectivity index (χ3v) is 5.00. The maximum Gasteiger partial charge on any atom is 0.0185 e. The van der Waals surface area contributed by atoms with Crippen molar-refractivity contribution in [1.29, 1.82) is 0 Å². The van der Waals surface area contributed by atoms with Gasteiger partial charge in [0.1, 0.15) is 0 Å². The van der Waals surface area contributed by atoms with E-state index in [0.29, 0.717) is 0 Å². The Morgan fingerprint density at radius 2 is 2.21 bits per heavy atom. The Hall–Kier alpha value is -0.470. The predicted octanol–water partition coefficient (Wildman–Crippen LogP) is 4.40. The molecular weight excluding hydrogens is 250 g/mol. The lowest BCUT2D eigenvalue weighted by molar-refractivity contribution is 0.306. The van der Waals surface area contributed by atoms with Crippen LogP contribution in [0.2, 0.25) is 0 Å². The predicted molar refractivity (Wildman–Crippen MR) is 86.8 cm³/mol. The molecule has 1 aromatic rings. The Bertz CT molecular complexity index is 377. The molecule has 1 aliphatic rings. The highest BCUT2D eigenvalue weighted by molar-refractivity contribution is 7.98. The van der Waals surface area contributed by atoms with Crippen molar-refractivity contribution in [2.24, 2.45) is 5.92 Å². The molecule has 0 heterocycles. The smallest absolute Gasteiger partial charge is 0.0185 e. The molecule has 1 N–H and O–H groups in total. The molecule has 19 heavy (non-hydrogen) atoms. The van der Waals surface area contributed by atoms with Crippen LogP contribution >= 0.6 is 11.8 Å². The third-order valence-electron chi connectivity index (χ3n) is 3.97. The normalized spacial score (nSPS) is 23.5. The summed E-state index contributed by atoms with van der Waals surface area (Å²) in [5, 5.41) is 3.73. The minimum atomic E-state index is 0.781. The van der Waals surface area contributed by atoms with Gasteiger partial charge in [0.25, 0.3) is 0 Å². The number of rotatable bonds is 6. The van der Waals surface area contributed by atoms with Crippen LogP contribution in [0.1, 0.15) is 43.7 Å². The van der Waals surface area contributed by atoms with E-state index in [2.05, 4.69) is 43.4 Å². The summed E-state index contributed by atoms with van der Waals surface area (Å²) in [5.41, 5.74) is 2.82. The Labute approximate surface area is 122 Å². The van der Waals surface area contributed by atoms with Gasteiger partial charge in [0.2, 0.25) is 0 Å². The van der Waals surface area contributed by atoms with Crippen LogP contribution in [-0.4, -0.2) is 18.3 Å². The van der Waals surface area contributed by atoms with E-state index in [4.69, 9.17) is 0 Å².